The molecule has 0 saturated heterocycles. The van der Waals surface area contributed by atoms with Crippen molar-refractivity contribution in [2.75, 3.05) is 24.7 Å². The normalized spacial score (nSPS) is 12.2. The molecular formula is C25H28N4O2S. The van der Waals surface area contributed by atoms with E-state index in [1.165, 1.54) is 7.05 Å². The molecule has 0 spiro atoms. The van der Waals surface area contributed by atoms with E-state index < -0.39 is 10.0 Å². The summed E-state index contributed by atoms with van der Waals surface area (Å²) in [5, 5.41) is 3.20. The molecule has 0 aliphatic heterocycles. The number of nitrogens with zero attached hydrogens (tertiary/aromatic N) is 1. The molecule has 0 amide bonds. The highest BCUT2D eigenvalue weighted by Gasteiger charge is 2.10. The first-order chi connectivity index (χ1) is 15.5. The molecule has 0 aromatic heterocycles. The van der Waals surface area contributed by atoms with Crippen LogP contribution in [0.4, 0.5) is 5.69 Å². The molecule has 0 aliphatic carbocycles. The Hall–Kier alpha value is -3.42. The average molecular weight is 449 g/mol. The third-order valence-corrected chi connectivity index (χ3v) is 6.27. The first kappa shape index (κ1) is 23.2. The van der Waals surface area contributed by atoms with Crippen molar-refractivity contribution in [1.29, 1.82) is 0 Å². The van der Waals surface area contributed by atoms with Crippen LogP contribution in [-0.4, -0.2) is 34.0 Å². The summed E-state index contributed by atoms with van der Waals surface area (Å²) in [4.78, 5) is 4.43. The van der Waals surface area contributed by atoms with Crippen LogP contribution < -0.4 is 15.8 Å². The van der Waals surface area contributed by atoms with Gasteiger partial charge in [0.25, 0.3) is 0 Å². The Labute approximate surface area is 190 Å². The van der Waals surface area contributed by atoms with Gasteiger partial charge in [0, 0.05) is 29.7 Å². The number of sulfonamides is 1. The van der Waals surface area contributed by atoms with Gasteiger partial charge in [0.1, 0.15) is 0 Å². The standard InChI is InChI=1S/C25H28N4O2S/c1-27-32(30,31)17-16-29-25-13-12-22(21-10-6-3-7-11-21)18-23(25)24(26)14-15-28-19-20-8-4-2-5-9-20/h2-15,18,27,29H,16-17,19,26H2,1H3. The molecule has 3 rings (SSSR count). The van der Waals surface area contributed by atoms with Gasteiger partial charge in [-0.05, 0) is 41.9 Å². The molecule has 0 heterocycles. The van der Waals surface area contributed by atoms with Crippen LogP contribution in [0, 0.1) is 0 Å². The predicted molar refractivity (Wildman–Crippen MR) is 134 cm³/mol. The highest BCUT2D eigenvalue weighted by molar-refractivity contribution is 7.89. The van der Waals surface area contributed by atoms with Gasteiger partial charge in [0.05, 0.1) is 12.3 Å². The van der Waals surface area contributed by atoms with E-state index in [4.69, 9.17) is 5.73 Å². The van der Waals surface area contributed by atoms with Crippen molar-refractivity contribution < 1.29 is 8.42 Å². The highest BCUT2D eigenvalue weighted by atomic mass is 32.2. The zero-order valence-corrected chi connectivity index (χ0v) is 18.8. The second kappa shape index (κ2) is 11.3. The maximum atomic E-state index is 11.7. The largest absolute Gasteiger partial charge is 0.398 e. The minimum absolute atomic E-state index is 0.0362. The number of hydrogen-bond acceptors (Lipinski definition) is 5. The third kappa shape index (κ3) is 6.80. The van der Waals surface area contributed by atoms with Crippen LogP contribution in [0.3, 0.4) is 0 Å². The number of nitrogens with two attached hydrogens (primary N) is 1. The topological polar surface area (TPSA) is 96.6 Å². The highest BCUT2D eigenvalue weighted by Crippen LogP contribution is 2.28. The second-order valence-electron chi connectivity index (χ2n) is 7.17. The SMILES string of the molecule is CNS(=O)(=O)CCNc1ccc(-c2ccccc2)cc1C(N)=CC=NCc1ccccc1. The van der Waals surface area contributed by atoms with E-state index >= 15 is 0 Å². The second-order valence-corrected chi connectivity index (χ2v) is 9.22. The number of nitrogens with one attached hydrogen (secondary N) is 2. The fourth-order valence-corrected chi connectivity index (χ4v) is 3.71. The number of benzene rings is 3. The number of aliphatic imine (C=N–C) groups is 1. The van der Waals surface area contributed by atoms with E-state index in [1.807, 2.05) is 78.9 Å². The number of hydrogen-bond donors (Lipinski definition) is 3. The number of rotatable bonds is 10. The van der Waals surface area contributed by atoms with Gasteiger partial charge in [-0.1, -0.05) is 66.7 Å². The molecule has 3 aromatic rings. The van der Waals surface area contributed by atoms with E-state index in [0.717, 1.165) is 27.9 Å². The molecule has 0 saturated carbocycles. The summed E-state index contributed by atoms with van der Waals surface area (Å²) in [6, 6.07) is 25.9. The van der Waals surface area contributed by atoms with Crippen molar-refractivity contribution in [2.24, 2.45) is 10.7 Å². The summed E-state index contributed by atoms with van der Waals surface area (Å²) in [6.45, 7) is 0.831. The summed E-state index contributed by atoms with van der Waals surface area (Å²) in [7, 11) is -1.89. The van der Waals surface area contributed by atoms with E-state index in [0.29, 0.717) is 12.2 Å². The van der Waals surface area contributed by atoms with E-state index in [1.54, 1.807) is 12.3 Å². The first-order valence-electron chi connectivity index (χ1n) is 10.3. The van der Waals surface area contributed by atoms with Crippen molar-refractivity contribution in [2.45, 2.75) is 6.54 Å². The lowest BCUT2D eigenvalue weighted by Gasteiger charge is -2.14. The fourth-order valence-electron chi connectivity index (χ4n) is 3.13. The van der Waals surface area contributed by atoms with Crippen LogP contribution in [0.15, 0.2) is 89.9 Å². The van der Waals surface area contributed by atoms with Crippen molar-refractivity contribution in [3.8, 4) is 11.1 Å². The van der Waals surface area contributed by atoms with Crippen LogP contribution in [0.2, 0.25) is 0 Å². The maximum Gasteiger partial charge on any atom is 0.213 e. The van der Waals surface area contributed by atoms with Gasteiger partial charge < -0.3 is 11.1 Å². The van der Waals surface area contributed by atoms with E-state index in [-0.39, 0.29) is 12.3 Å². The average Bonchev–Trinajstić information content (AvgIpc) is 2.83. The van der Waals surface area contributed by atoms with Crippen molar-refractivity contribution in [3.05, 3.63) is 96.1 Å². The summed E-state index contributed by atoms with van der Waals surface area (Å²) in [5.74, 6) is -0.0362. The van der Waals surface area contributed by atoms with Gasteiger partial charge in [-0.3, -0.25) is 4.99 Å². The summed E-state index contributed by atoms with van der Waals surface area (Å²) >= 11 is 0. The van der Waals surface area contributed by atoms with Crippen LogP contribution in [0.5, 0.6) is 0 Å². The molecule has 0 atom stereocenters. The van der Waals surface area contributed by atoms with Gasteiger partial charge in [-0.25, -0.2) is 13.1 Å². The Balaban J connectivity index is 1.83. The molecule has 166 valence electrons. The molecule has 0 bridgehead atoms. The van der Waals surface area contributed by atoms with Crippen LogP contribution >= 0.6 is 0 Å². The molecule has 0 aliphatic rings. The van der Waals surface area contributed by atoms with Gasteiger partial charge in [0.2, 0.25) is 10.0 Å². The summed E-state index contributed by atoms with van der Waals surface area (Å²) < 4.78 is 25.8. The molecule has 7 heteroatoms. The first-order valence-corrected chi connectivity index (χ1v) is 12.0. The van der Waals surface area contributed by atoms with Crippen LogP contribution in [0.25, 0.3) is 16.8 Å². The van der Waals surface area contributed by atoms with Crippen molar-refractivity contribution in [3.63, 3.8) is 0 Å². The molecule has 0 fully saturated rings. The lowest BCUT2D eigenvalue weighted by atomic mass is 10.00. The minimum Gasteiger partial charge on any atom is -0.398 e. The lowest BCUT2D eigenvalue weighted by Crippen LogP contribution is -2.26. The fraction of sp³-hybridized carbons (Fsp3) is 0.160. The Bertz CT molecular complexity index is 1180. The Morgan fingerprint density at radius 1 is 0.969 bits per heavy atom. The van der Waals surface area contributed by atoms with Gasteiger partial charge >= 0.3 is 0 Å². The maximum absolute atomic E-state index is 11.7. The predicted octanol–water partition coefficient (Wildman–Crippen LogP) is 3.89. The quantitative estimate of drug-likeness (QED) is 0.410. The number of allylic oxidation sites excluding steroid dienone is 1. The zero-order chi connectivity index (χ0) is 22.8. The Morgan fingerprint density at radius 2 is 1.66 bits per heavy atom. The monoisotopic (exact) mass is 448 g/mol. The molecule has 6 nitrogen and oxygen atoms in total. The molecule has 0 radical (unpaired) electrons. The molecular weight excluding hydrogens is 420 g/mol. The summed E-state index contributed by atoms with van der Waals surface area (Å²) in [5.41, 5.74) is 11.7. The Kier molecular flexibility index (Phi) is 8.19. The van der Waals surface area contributed by atoms with E-state index in [9.17, 15) is 8.42 Å². The molecule has 0 unspecified atom stereocenters. The van der Waals surface area contributed by atoms with Gasteiger partial charge in [-0.2, -0.15) is 0 Å². The van der Waals surface area contributed by atoms with E-state index in [2.05, 4.69) is 15.0 Å². The van der Waals surface area contributed by atoms with Gasteiger partial charge in [-0.15, -0.1) is 0 Å². The third-order valence-electron chi connectivity index (χ3n) is 4.91. The molecule has 3 aromatic carbocycles. The Morgan fingerprint density at radius 3 is 2.34 bits per heavy atom. The number of anilines is 1. The zero-order valence-electron chi connectivity index (χ0n) is 18.0. The van der Waals surface area contributed by atoms with Crippen LogP contribution in [-0.2, 0) is 16.6 Å². The van der Waals surface area contributed by atoms with Crippen molar-refractivity contribution >= 4 is 27.6 Å². The van der Waals surface area contributed by atoms with Crippen LogP contribution in [0.1, 0.15) is 11.1 Å². The van der Waals surface area contributed by atoms with Crippen molar-refractivity contribution in [1.82, 2.24) is 4.72 Å². The summed E-state index contributed by atoms with van der Waals surface area (Å²) in [6.07, 6.45) is 3.47. The van der Waals surface area contributed by atoms with Gasteiger partial charge in [0.15, 0.2) is 0 Å². The molecule has 4 N–H and O–H groups in total. The molecule has 32 heavy (non-hydrogen) atoms. The minimum atomic E-state index is -3.30. The lowest BCUT2D eigenvalue weighted by molar-refractivity contribution is 0.588. The smallest absolute Gasteiger partial charge is 0.213 e.